The SMILES string of the molecule is CCc1sc(=NC(=O)c2ccccc2F)n(CC)c1-c1ccc(C)cc1. The van der Waals surface area contributed by atoms with Crippen LogP contribution in [0.3, 0.4) is 0 Å². The highest BCUT2D eigenvalue weighted by Gasteiger charge is 2.16. The highest BCUT2D eigenvalue weighted by atomic mass is 32.1. The zero-order chi connectivity index (χ0) is 18.7. The number of amides is 1. The van der Waals surface area contributed by atoms with Gasteiger partial charge in [0.25, 0.3) is 5.91 Å². The van der Waals surface area contributed by atoms with Crippen molar-refractivity contribution < 1.29 is 9.18 Å². The van der Waals surface area contributed by atoms with E-state index < -0.39 is 11.7 Å². The van der Waals surface area contributed by atoms with Crippen molar-refractivity contribution in [2.24, 2.45) is 4.99 Å². The molecule has 0 unspecified atom stereocenters. The minimum atomic E-state index is -0.551. The van der Waals surface area contributed by atoms with Gasteiger partial charge in [0, 0.05) is 11.4 Å². The van der Waals surface area contributed by atoms with Gasteiger partial charge in [-0.05, 0) is 38.0 Å². The molecule has 0 radical (unpaired) electrons. The standard InChI is InChI=1S/C21H21FN2OS/c1-4-18-19(15-12-10-14(3)11-13-15)24(5-2)21(26-18)23-20(25)16-8-6-7-9-17(16)22/h6-13H,4-5H2,1-3H3. The van der Waals surface area contributed by atoms with Crippen molar-refractivity contribution in [1.82, 2.24) is 4.57 Å². The Balaban J connectivity index is 2.15. The fourth-order valence-electron chi connectivity index (χ4n) is 2.89. The monoisotopic (exact) mass is 368 g/mol. The molecule has 0 saturated heterocycles. The van der Waals surface area contributed by atoms with E-state index in [9.17, 15) is 9.18 Å². The van der Waals surface area contributed by atoms with Crippen LogP contribution in [-0.2, 0) is 13.0 Å². The van der Waals surface area contributed by atoms with Gasteiger partial charge in [-0.3, -0.25) is 4.79 Å². The number of hydrogen-bond acceptors (Lipinski definition) is 2. The third-order valence-electron chi connectivity index (χ3n) is 4.24. The van der Waals surface area contributed by atoms with Gasteiger partial charge in [0.1, 0.15) is 5.82 Å². The Bertz CT molecular complexity index is 1000. The molecule has 5 heteroatoms. The van der Waals surface area contributed by atoms with Crippen LogP contribution in [0.15, 0.2) is 53.5 Å². The summed E-state index contributed by atoms with van der Waals surface area (Å²) in [5.41, 5.74) is 3.38. The Morgan fingerprint density at radius 3 is 2.42 bits per heavy atom. The average molecular weight is 368 g/mol. The first kappa shape index (κ1) is 18.3. The van der Waals surface area contributed by atoms with Gasteiger partial charge >= 0.3 is 0 Å². The van der Waals surface area contributed by atoms with Gasteiger partial charge in [0.05, 0.1) is 11.3 Å². The number of hydrogen-bond donors (Lipinski definition) is 0. The van der Waals surface area contributed by atoms with Crippen molar-refractivity contribution in [3.8, 4) is 11.3 Å². The molecule has 0 spiro atoms. The molecule has 0 N–H and O–H groups in total. The topological polar surface area (TPSA) is 34.4 Å². The number of carbonyl (C=O) groups excluding carboxylic acids is 1. The number of rotatable bonds is 4. The lowest BCUT2D eigenvalue weighted by Gasteiger charge is -2.09. The summed E-state index contributed by atoms with van der Waals surface area (Å²) in [5.74, 6) is -1.10. The van der Waals surface area contributed by atoms with Gasteiger partial charge in [-0.1, -0.05) is 48.9 Å². The van der Waals surface area contributed by atoms with Crippen LogP contribution in [0.1, 0.15) is 34.6 Å². The lowest BCUT2D eigenvalue weighted by molar-refractivity contribution is 0.0994. The summed E-state index contributed by atoms with van der Waals surface area (Å²) in [6.45, 7) is 6.85. The first-order valence-corrected chi connectivity index (χ1v) is 9.49. The summed E-state index contributed by atoms with van der Waals surface area (Å²) in [6.07, 6.45) is 0.845. The maximum absolute atomic E-state index is 13.9. The Kier molecular flexibility index (Phi) is 5.47. The third-order valence-corrected chi connectivity index (χ3v) is 5.47. The van der Waals surface area contributed by atoms with Gasteiger partial charge in [-0.2, -0.15) is 4.99 Å². The summed E-state index contributed by atoms with van der Waals surface area (Å²) >= 11 is 1.49. The van der Waals surface area contributed by atoms with E-state index in [1.54, 1.807) is 12.1 Å². The number of benzene rings is 2. The number of halogens is 1. The van der Waals surface area contributed by atoms with E-state index in [4.69, 9.17) is 0 Å². The minimum Gasteiger partial charge on any atom is -0.316 e. The van der Waals surface area contributed by atoms with E-state index in [-0.39, 0.29) is 5.56 Å². The van der Waals surface area contributed by atoms with Crippen LogP contribution in [-0.4, -0.2) is 10.5 Å². The minimum absolute atomic E-state index is 0.00140. The lowest BCUT2D eigenvalue weighted by atomic mass is 10.1. The van der Waals surface area contributed by atoms with Crippen molar-refractivity contribution in [2.45, 2.75) is 33.7 Å². The lowest BCUT2D eigenvalue weighted by Crippen LogP contribution is -2.17. The highest BCUT2D eigenvalue weighted by molar-refractivity contribution is 7.09. The van der Waals surface area contributed by atoms with E-state index in [0.29, 0.717) is 11.3 Å². The first-order chi connectivity index (χ1) is 12.5. The Labute approximate surface area is 156 Å². The van der Waals surface area contributed by atoms with Crippen LogP contribution in [0.4, 0.5) is 4.39 Å². The van der Waals surface area contributed by atoms with Crippen LogP contribution in [0, 0.1) is 12.7 Å². The Morgan fingerprint density at radius 1 is 1.12 bits per heavy atom. The van der Waals surface area contributed by atoms with E-state index in [1.807, 2.05) is 11.5 Å². The van der Waals surface area contributed by atoms with Crippen molar-refractivity contribution >= 4 is 17.2 Å². The molecular weight excluding hydrogens is 347 g/mol. The predicted octanol–water partition coefficient (Wildman–Crippen LogP) is 4.99. The van der Waals surface area contributed by atoms with E-state index >= 15 is 0 Å². The summed E-state index contributed by atoms with van der Waals surface area (Å²) in [4.78, 5) is 18.5. The second-order valence-corrected chi connectivity index (χ2v) is 7.08. The highest BCUT2D eigenvalue weighted by Crippen LogP contribution is 2.27. The van der Waals surface area contributed by atoms with Gasteiger partial charge in [0.2, 0.25) is 0 Å². The quantitative estimate of drug-likeness (QED) is 0.639. The zero-order valence-electron chi connectivity index (χ0n) is 15.1. The van der Waals surface area contributed by atoms with Gasteiger partial charge in [-0.25, -0.2) is 4.39 Å². The van der Waals surface area contributed by atoms with Crippen LogP contribution in [0.25, 0.3) is 11.3 Å². The molecule has 3 nitrogen and oxygen atoms in total. The van der Waals surface area contributed by atoms with E-state index in [1.165, 1.54) is 29.0 Å². The smallest absolute Gasteiger partial charge is 0.282 e. The fourth-order valence-corrected chi connectivity index (χ4v) is 4.03. The number of carbonyl (C=O) groups is 1. The fraction of sp³-hybridized carbons (Fsp3) is 0.238. The molecule has 1 heterocycles. The van der Waals surface area contributed by atoms with Crippen LogP contribution in [0.2, 0.25) is 0 Å². The third kappa shape index (κ3) is 3.53. The largest absolute Gasteiger partial charge is 0.316 e. The molecule has 2 aromatic carbocycles. The van der Waals surface area contributed by atoms with Gasteiger partial charge in [-0.15, -0.1) is 11.3 Å². The Hall–Kier alpha value is -2.53. The summed E-state index contributed by atoms with van der Waals surface area (Å²) in [5, 5.41) is 0. The average Bonchev–Trinajstić information content (AvgIpc) is 3.00. The molecule has 0 aliphatic heterocycles. The van der Waals surface area contributed by atoms with Crippen molar-refractivity contribution in [3.63, 3.8) is 0 Å². The number of thiazole rings is 1. The molecule has 0 aliphatic rings. The molecule has 0 aliphatic carbocycles. The maximum Gasteiger partial charge on any atom is 0.282 e. The first-order valence-electron chi connectivity index (χ1n) is 8.68. The van der Waals surface area contributed by atoms with E-state index in [0.717, 1.165) is 22.6 Å². The van der Waals surface area contributed by atoms with Crippen LogP contribution < -0.4 is 4.80 Å². The second kappa shape index (κ2) is 7.79. The number of nitrogens with zero attached hydrogens (tertiary/aromatic N) is 2. The normalized spacial score (nSPS) is 11.8. The molecule has 0 atom stereocenters. The summed E-state index contributed by atoms with van der Waals surface area (Å²) in [6, 6.07) is 14.3. The molecule has 3 aromatic rings. The van der Waals surface area contributed by atoms with Crippen LogP contribution in [0.5, 0.6) is 0 Å². The maximum atomic E-state index is 13.9. The molecule has 0 fully saturated rings. The Morgan fingerprint density at radius 2 is 1.81 bits per heavy atom. The van der Waals surface area contributed by atoms with Crippen molar-refractivity contribution in [2.75, 3.05) is 0 Å². The predicted molar refractivity (Wildman–Crippen MR) is 104 cm³/mol. The second-order valence-electron chi connectivity index (χ2n) is 6.02. The molecule has 134 valence electrons. The summed E-state index contributed by atoms with van der Waals surface area (Å²) in [7, 11) is 0. The molecule has 3 rings (SSSR count). The van der Waals surface area contributed by atoms with E-state index in [2.05, 4.69) is 43.1 Å². The zero-order valence-corrected chi connectivity index (χ0v) is 15.9. The summed E-state index contributed by atoms with van der Waals surface area (Å²) < 4.78 is 15.9. The molecular formula is C21H21FN2OS. The molecule has 1 amide bonds. The van der Waals surface area contributed by atoms with Gasteiger partial charge in [0.15, 0.2) is 4.80 Å². The van der Waals surface area contributed by atoms with Crippen LogP contribution >= 0.6 is 11.3 Å². The number of aromatic nitrogens is 1. The molecule has 1 aromatic heterocycles. The van der Waals surface area contributed by atoms with Crippen molar-refractivity contribution in [3.05, 3.63) is 75.2 Å². The molecule has 0 saturated carbocycles. The van der Waals surface area contributed by atoms with Crippen molar-refractivity contribution in [1.29, 1.82) is 0 Å². The molecule has 0 bridgehead atoms. The van der Waals surface area contributed by atoms with Gasteiger partial charge < -0.3 is 4.57 Å². The number of aryl methyl sites for hydroxylation is 2. The molecule has 26 heavy (non-hydrogen) atoms.